The topological polar surface area (TPSA) is 97.7 Å². The Hall–Kier alpha value is -2.86. The molecule has 4 heterocycles. The zero-order chi connectivity index (χ0) is 24.1. The SMILES string of the molecule is Cc1cccc(CO[C@H]2CO[C@@]3(CCCN(c4ncc(F)cn4)C3)C2)n1.O=C(O)C(F)(F)F. The minimum atomic E-state index is -5.08. The molecule has 12 heteroatoms. The van der Waals surface area contributed by atoms with Crippen molar-refractivity contribution in [3.63, 3.8) is 0 Å². The number of carbonyl (C=O) groups is 1. The first kappa shape index (κ1) is 24.8. The number of aromatic nitrogens is 3. The Morgan fingerprint density at radius 1 is 1.33 bits per heavy atom. The van der Waals surface area contributed by atoms with Gasteiger partial charge in [0.15, 0.2) is 5.82 Å². The van der Waals surface area contributed by atoms with E-state index in [0.717, 1.165) is 37.2 Å². The summed E-state index contributed by atoms with van der Waals surface area (Å²) in [5.74, 6) is -2.62. The quantitative estimate of drug-likeness (QED) is 0.677. The number of alkyl halides is 3. The van der Waals surface area contributed by atoms with Gasteiger partial charge in [0.25, 0.3) is 0 Å². The summed E-state index contributed by atoms with van der Waals surface area (Å²) in [6, 6.07) is 5.95. The van der Waals surface area contributed by atoms with Gasteiger partial charge in [0.2, 0.25) is 5.95 Å². The molecule has 0 radical (unpaired) electrons. The second-order valence-electron chi connectivity index (χ2n) is 7.93. The number of aryl methyl sites for hydroxylation is 1. The van der Waals surface area contributed by atoms with Crippen molar-refractivity contribution >= 4 is 11.9 Å². The van der Waals surface area contributed by atoms with Gasteiger partial charge in [-0.3, -0.25) is 4.98 Å². The number of hydrogen-bond acceptors (Lipinski definition) is 7. The normalized spacial score (nSPS) is 22.7. The van der Waals surface area contributed by atoms with Crippen LogP contribution >= 0.6 is 0 Å². The van der Waals surface area contributed by atoms with Crippen molar-refractivity contribution in [2.24, 2.45) is 0 Å². The highest BCUT2D eigenvalue weighted by molar-refractivity contribution is 5.73. The smallest absolute Gasteiger partial charge is 0.475 e. The number of nitrogens with zero attached hydrogens (tertiary/aromatic N) is 4. The molecule has 2 aromatic heterocycles. The molecule has 0 unspecified atom stereocenters. The fourth-order valence-corrected chi connectivity index (χ4v) is 3.81. The van der Waals surface area contributed by atoms with Gasteiger partial charge in [-0.05, 0) is 31.9 Å². The zero-order valence-electron chi connectivity index (χ0n) is 17.9. The summed E-state index contributed by atoms with van der Waals surface area (Å²) in [4.78, 5) is 23.7. The maximum Gasteiger partial charge on any atom is 0.490 e. The van der Waals surface area contributed by atoms with Gasteiger partial charge in [0.05, 0.1) is 43.0 Å². The molecule has 2 aliphatic heterocycles. The molecule has 2 aromatic rings. The highest BCUT2D eigenvalue weighted by Gasteiger charge is 2.44. The lowest BCUT2D eigenvalue weighted by Crippen LogP contribution is -2.48. The predicted octanol–water partition coefficient (Wildman–Crippen LogP) is 3.30. The molecule has 2 saturated heterocycles. The number of piperidine rings is 1. The lowest BCUT2D eigenvalue weighted by Gasteiger charge is -2.39. The lowest BCUT2D eigenvalue weighted by molar-refractivity contribution is -0.192. The van der Waals surface area contributed by atoms with Gasteiger partial charge >= 0.3 is 12.1 Å². The molecular formula is C21H24F4N4O4. The van der Waals surface area contributed by atoms with Crippen LogP contribution in [0.4, 0.5) is 23.5 Å². The number of halogens is 4. The van der Waals surface area contributed by atoms with E-state index in [9.17, 15) is 17.6 Å². The van der Waals surface area contributed by atoms with Gasteiger partial charge in [-0.15, -0.1) is 0 Å². The number of pyridine rings is 1. The number of aliphatic carboxylic acids is 1. The number of hydrogen-bond donors (Lipinski definition) is 1. The second kappa shape index (κ2) is 10.4. The standard InChI is InChI=1S/C19H23FN4O2.C2HF3O2/c1-14-4-2-5-16(23-14)11-25-17-8-19(26-12-17)6-3-7-24(13-19)18-21-9-15(20)10-22-18;3-2(4,5)1(6)7/h2,4-5,9-10,17H,3,6-8,11-13H2,1H3;(H,6,7)/t17-,19+;/m1./s1. The van der Waals surface area contributed by atoms with Gasteiger partial charge in [-0.2, -0.15) is 13.2 Å². The monoisotopic (exact) mass is 472 g/mol. The minimum Gasteiger partial charge on any atom is -0.475 e. The van der Waals surface area contributed by atoms with Crippen LogP contribution in [-0.2, 0) is 20.9 Å². The van der Waals surface area contributed by atoms with Crippen LogP contribution in [0.3, 0.4) is 0 Å². The molecule has 0 saturated carbocycles. The van der Waals surface area contributed by atoms with Gasteiger partial charge < -0.3 is 19.5 Å². The number of anilines is 1. The van der Waals surface area contributed by atoms with Crippen molar-refractivity contribution in [1.82, 2.24) is 15.0 Å². The van der Waals surface area contributed by atoms with Crippen LogP contribution in [0, 0.1) is 12.7 Å². The zero-order valence-corrected chi connectivity index (χ0v) is 17.9. The number of carboxylic acid groups (broad SMARTS) is 1. The van der Waals surface area contributed by atoms with Crippen molar-refractivity contribution in [2.45, 2.75) is 50.7 Å². The van der Waals surface area contributed by atoms with E-state index in [-0.39, 0.29) is 11.7 Å². The van der Waals surface area contributed by atoms with Crippen LogP contribution in [0.25, 0.3) is 0 Å². The highest BCUT2D eigenvalue weighted by Crippen LogP contribution is 2.36. The summed E-state index contributed by atoms with van der Waals surface area (Å²) in [7, 11) is 0. The van der Waals surface area contributed by atoms with E-state index in [1.165, 1.54) is 12.4 Å². The van der Waals surface area contributed by atoms with E-state index < -0.39 is 18.0 Å². The van der Waals surface area contributed by atoms with Crippen molar-refractivity contribution in [3.8, 4) is 0 Å². The van der Waals surface area contributed by atoms with Crippen molar-refractivity contribution in [1.29, 1.82) is 0 Å². The Labute approximate surface area is 187 Å². The van der Waals surface area contributed by atoms with E-state index >= 15 is 0 Å². The molecule has 1 spiro atoms. The highest BCUT2D eigenvalue weighted by atomic mass is 19.4. The summed E-state index contributed by atoms with van der Waals surface area (Å²) in [6.07, 6.45) is 0.225. The fraction of sp³-hybridized carbons (Fsp3) is 0.524. The molecule has 1 N–H and O–H groups in total. The van der Waals surface area contributed by atoms with Crippen LogP contribution in [0.1, 0.15) is 30.7 Å². The van der Waals surface area contributed by atoms with E-state index in [0.29, 0.717) is 25.7 Å². The Morgan fingerprint density at radius 2 is 2.03 bits per heavy atom. The molecular weight excluding hydrogens is 448 g/mol. The van der Waals surface area contributed by atoms with E-state index in [4.69, 9.17) is 19.4 Å². The average Bonchev–Trinajstić information content (AvgIpc) is 3.14. The van der Waals surface area contributed by atoms with Gasteiger partial charge in [-0.25, -0.2) is 19.2 Å². The van der Waals surface area contributed by atoms with Crippen LogP contribution < -0.4 is 4.90 Å². The molecule has 0 aliphatic carbocycles. The molecule has 0 bridgehead atoms. The van der Waals surface area contributed by atoms with Crippen LogP contribution in [0.2, 0.25) is 0 Å². The molecule has 0 amide bonds. The summed E-state index contributed by atoms with van der Waals surface area (Å²) in [5, 5.41) is 7.12. The first-order chi connectivity index (χ1) is 15.6. The third kappa shape index (κ3) is 7.06. The lowest BCUT2D eigenvalue weighted by atomic mass is 9.89. The average molecular weight is 472 g/mol. The summed E-state index contributed by atoms with van der Waals surface area (Å²) in [5.41, 5.74) is 1.70. The first-order valence-electron chi connectivity index (χ1n) is 10.3. The van der Waals surface area contributed by atoms with Gasteiger partial charge in [0, 0.05) is 25.2 Å². The third-order valence-corrected chi connectivity index (χ3v) is 5.26. The van der Waals surface area contributed by atoms with Gasteiger partial charge in [0.1, 0.15) is 0 Å². The van der Waals surface area contributed by atoms with E-state index in [1.807, 2.05) is 25.1 Å². The molecule has 33 heavy (non-hydrogen) atoms. The molecule has 4 rings (SSSR count). The first-order valence-corrected chi connectivity index (χ1v) is 10.3. The Kier molecular flexibility index (Phi) is 7.80. The summed E-state index contributed by atoms with van der Waals surface area (Å²) in [6.45, 7) is 4.63. The molecule has 0 aromatic carbocycles. The van der Waals surface area contributed by atoms with Crippen molar-refractivity contribution in [2.75, 3.05) is 24.6 Å². The second-order valence-corrected chi connectivity index (χ2v) is 7.93. The molecule has 180 valence electrons. The van der Waals surface area contributed by atoms with E-state index in [1.54, 1.807) is 0 Å². The summed E-state index contributed by atoms with van der Waals surface area (Å²) >= 11 is 0. The Morgan fingerprint density at radius 3 is 2.67 bits per heavy atom. The Balaban J connectivity index is 0.000000383. The Bertz CT molecular complexity index is 945. The molecule has 2 atom stereocenters. The third-order valence-electron chi connectivity index (χ3n) is 5.26. The molecule has 8 nitrogen and oxygen atoms in total. The van der Waals surface area contributed by atoms with Crippen molar-refractivity contribution < 1.29 is 36.9 Å². The fourth-order valence-electron chi connectivity index (χ4n) is 3.81. The largest absolute Gasteiger partial charge is 0.490 e. The van der Waals surface area contributed by atoms with Crippen molar-refractivity contribution in [3.05, 3.63) is 47.8 Å². The number of rotatable bonds is 4. The maximum atomic E-state index is 13.1. The predicted molar refractivity (Wildman–Crippen MR) is 108 cm³/mol. The van der Waals surface area contributed by atoms with Crippen LogP contribution in [-0.4, -0.2) is 63.6 Å². The number of ether oxygens (including phenoxy) is 2. The number of carboxylic acids is 1. The van der Waals surface area contributed by atoms with E-state index in [2.05, 4.69) is 19.9 Å². The molecule has 2 fully saturated rings. The van der Waals surface area contributed by atoms with Crippen LogP contribution in [0.5, 0.6) is 0 Å². The van der Waals surface area contributed by atoms with Gasteiger partial charge in [-0.1, -0.05) is 6.07 Å². The van der Waals surface area contributed by atoms with Crippen LogP contribution in [0.15, 0.2) is 30.6 Å². The molecule has 2 aliphatic rings. The summed E-state index contributed by atoms with van der Waals surface area (Å²) < 4.78 is 57.0. The maximum absolute atomic E-state index is 13.1. The minimum absolute atomic E-state index is 0.0615.